The predicted octanol–water partition coefficient (Wildman–Crippen LogP) is 2.40. The Kier molecular flexibility index (Phi) is 4.76. The normalized spacial score (nSPS) is 17.0. The predicted molar refractivity (Wildman–Crippen MR) is 94.2 cm³/mol. The zero-order valence-electron chi connectivity index (χ0n) is 13.8. The van der Waals surface area contributed by atoms with Crippen LogP contribution in [0.4, 0.5) is 10.1 Å². The number of nitrogens with zero attached hydrogens (tertiary/aromatic N) is 1. The molecule has 25 heavy (non-hydrogen) atoms. The van der Waals surface area contributed by atoms with Crippen molar-refractivity contribution in [1.29, 1.82) is 0 Å². The molecule has 0 saturated carbocycles. The first-order valence-electron chi connectivity index (χ1n) is 7.95. The van der Waals surface area contributed by atoms with Crippen molar-refractivity contribution in [3.05, 3.63) is 65.5 Å². The number of sulfonamides is 1. The molecule has 1 aliphatic heterocycles. The molecule has 2 aromatic rings. The minimum atomic E-state index is -3.37. The SMILES string of the molecule is CS(=O)(=O)N1CCC(NC(=O)Cc2ccccc2F)c2ccccc21. The number of halogens is 1. The Bertz CT molecular complexity index is 899. The van der Waals surface area contributed by atoms with E-state index in [4.69, 9.17) is 0 Å². The molecule has 2 aromatic carbocycles. The smallest absolute Gasteiger partial charge is 0.232 e. The van der Waals surface area contributed by atoms with Gasteiger partial charge >= 0.3 is 0 Å². The van der Waals surface area contributed by atoms with Gasteiger partial charge in [0.2, 0.25) is 15.9 Å². The molecule has 0 radical (unpaired) electrons. The van der Waals surface area contributed by atoms with Crippen LogP contribution in [0.25, 0.3) is 0 Å². The van der Waals surface area contributed by atoms with Gasteiger partial charge in [-0.3, -0.25) is 9.10 Å². The van der Waals surface area contributed by atoms with Crippen LogP contribution >= 0.6 is 0 Å². The van der Waals surface area contributed by atoms with Gasteiger partial charge < -0.3 is 5.32 Å². The molecule has 0 fully saturated rings. The van der Waals surface area contributed by atoms with E-state index in [9.17, 15) is 17.6 Å². The topological polar surface area (TPSA) is 66.5 Å². The Morgan fingerprint density at radius 2 is 1.88 bits per heavy atom. The standard InChI is InChI=1S/C18H19FN2O3S/c1-25(23,24)21-11-10-16(14-7-3-5-9-17(14)21)20-18(22)12-13-6-2-4-8-15(13)19/h2-9,16H,10-12H2,1H3,(H,20,22). The largest absolute Gasteiger partial charge is 0.349 e. The van der Waals surface area contributed by atoms with E-state index in [1.807, 2.05) is 0 Å². The average Bonchev–Trinajstić information content (AvgIpc) is 2.56. The van der Waals surface area contributed by atoms with Crippen molar-refractivity contribution in [3.8, 4) is 0 Å². The summed E-state index contributed by atoms with van der Waals surface area (Å²) in [6, 6.07) is 13.0. The van der Waals surface area contributed by atoms with Crippen LogP contribution in [0.5, 0.6) is 0 Å². The van der Waals surface area contributed by atoms with E-state index in [0.29, 0.717) is 24.2 Å². The molecule has 5 nitrogen and oxygen atoms in total. The molecule has 0 bridgehead atoms. The van der Waals surface area contributed by atoms with Crippen LogP contribution in [-0.2, 0) is 21.2 Å². The molecule has 7 heteroatoms. The Labute approximate surface area is 146 Å². The summed E-state index contributed by atoms with van der Waals surface area (Å²) >= 11 is 0. The molecule has 132 valence electrons. The molecule has 0 aliphatic carbocycles. The van der Waals surface area contributed by atoms with Crippen LogP contribution in [0.2, 0.25) is 0 Å². The van der Waals surface area contributed by atoms with E-state index in [0.717, 1.165) is 5.56 Å². The van der Waals surface area contributed by atoms with Gasteiger partial charge in [-0.2, -0.15) is 0 Å². The molecule has 1 N–H and O–H groups in total. The first kappa shape index (κ1) is 17.4. The van der Waals surface area contributed by atoms with Crippen LogP contribution in [0.3, 0.4) is 0 Å². The van der Waals surface area contributed by atoms with Gasteiger partial charge in [0.1, 0.15) is 5.82 Å². The second kappa shape index (κ2) is 6.84. The van der Waals surface area contributed by atoms with Crippen molar-refractivity contribution in [3.63, 3.8) is 0 Å². The summed E-state index contributed by atoms with van der Waals surface area (Å²) in [5.74, 6) is -0.706. The lowest BCUT2D eigenvalue weighted by molar-refractivity contribution is -0.121. The molecular weight excluding hydrogens is 343 g/mol. The molecule has 3 rings (SSSR count). The number of fused-ring (bicyclic) bond motifs is 1. The number of nitrogens with one attached hydrogen (secondary N) is 1. The lowest BCUT2D eigenvalue weighted by Crippen LogP contribution is -2.40. The first-order valence-corrected chi connectivity index (χ1v) is 9.80. The zero-order chi connectivity index (χ0) is 18.0. The highest BCUT2D eigenvalue weighted by Gasteiger charge is 2.30. The summed E-state index contributed by atoms with van der Waals surface area (Å²) < 4.78 is 39.0. The van der Waals surface area contributed by atoms with Gasteiger partial charge in [-0.05, 0) is 29.7 Å². The minimum absolute atomic E-state index is 0.0544. The Hall–Kier alpha value is -2.41. The molecule has 1 aliphatic rings. The van der Waals surface area contributed by atoms with Gasteiger partial charge in [0, 0.05) is 6.54 Å². The van der Waals surface area contributed by atoms with Crippen LogP contribution in [0.1, 0.15) is 23.6 Å². The summed E-state index contributed by atoms with van der Waals surface area (Å²) in [7, 11) is -3.37. The third-order valence-electron chi connectivity index (χ3n) is 4.25. The van der Waals surface area contributed by atoms with Crippen LogP contribution in [-0.4, -0.2) is 27.1 Å². The second-order valence-corrected chi connectivity index (χ2v) is 7.98. The van der Waals surface area contributed by atoms with Crippen molar-refractivity contribution < 1.29 is 17.6 Å². The van der Waals surface area contributed by atoms with E-state index in [-0.39, 0.29) is 18.4 Å². The van der Waals surface area contributed by atoms with E-state index >= 15 is 0 Å². The van der Waals surface area contributed by atoms with Crippen molar-refractivity contribution in [2.75, 3.05) is 17.1 Å². The number of anilines is 1. The number of carbonyl (C=O) groups excluding carboxylic acids is 1. The number of para-hydroxylation sites is 1. The number of rotatable bonds is 4. The van der Waals surface area contributed by atoms with Crippen molar-refractivity contribution in [2.24, 2.45) is 0 Å². The molecule has 1 heterocycles. The number of carbonyl (C=O) groups is 1. The highest BCUT2D eigenvalue weighted by molar-refractivity contribution is 7.92. The number of hydrogen-bond acceptors (Lipinski definition) is 3. The maximum atomic E-state index is 13.7. The highest BCUT2D eigenvalue weighted by Crippen LogP contribution is 2.35. The second-order valence-electron chi connectivity index (χ2n) is 6.07. The Balaban J connectivity index is 1.79. The Morgan fingerprint density at radius 3 is 2.60 bits per heavy atom. The van der Waals surface area contributed by atoms with Crippen LogP contribution in [0.15, 0.2) is 48.5 Å². The maximum Gasteiger partial charge on any atom is 0.232 e. The highest BCUT2D eigenvalue weighted by atomic mass is 32.2. The summed E-state index contributed by atoms with van der Waals surface area (Å²) in [5, 5.41) is 2.90. The Morgan fingerprint density at radius 1 is 1.20 bits per heavy atom. The number of benzene rings is 2. The number of hydrogen-bond donors (Lipinski definition) is 1. The summed E-state index contributed by atoms with van der Waals surface area (Å²) in [6.07, 6.45) is 1.58. The fourth-order valence-corrected chi connectivity index (χ4v) is 4.05. The quantitative estimate of drug-likeness (QED) is 0.908. The van der Waals surface area contributed by atoms with Crippen molar-refractivity contribution in [2.45, 2.75) is 18.9 Å². The maximum absolute atomic E-state index is 13.7. The van der Waals surface area contributed by atoms with Gasteiger partial charge in [-0.1, -0.05) is 36.4 Å². The summed E-state index contributed by atoms with van der Waals surface area (Å²) in [5.41, 5.74) is 1.66. The lowest BCUT2D eigenvalue weighted by Gasteiger charge is -2.34. The average molecular weight is 362 g/mol. The molecule has 1 atom stereocenters. The van der Waals surface area contributed by atoms with Crippen LogP contribution < -0.4 is 9.62 Å². The van der Waals surface area contributed by atoms with Gasteiger partial charge in [-0.15, -0.1) is 0 Å². The molecule has 1 amide bonds. The fourth-order valence-electron chi connectivity index (χ4n) is 3.09. The van der Waals surface area contributed by atoms with E-state index in [1.54, 1.807) is 42.5 Å². The number of amides is 1. The van der Waals surface area contributed by atoms with Gasteiger partial charge in [0.25, 0.3) is 0 Å². The molecule has 0 aromatic heterocycles. The van der Waals surface area contributed by atoms with Gasteiger partial charge in [-0.25, -0.2) is 12.8 Å². The molecular formula is C18H19FN2O3S. The first-order chi connectivity index (χ1) is 11.9. The van der Waals surface area contributed by atoms with E-state index in [1.165, 1.54) is 16.6 Å². The molecule has 0 spiro atoms. The van der Waals surface area contributed by atoms with E-state index in [2.05, 4.69) is 5.32 Å². The van der Waals surface area contributed by atoms with Crippen molar-refractivity contribution >= 4 is 21.6 Å². The third kappa shape index (κ3) is 3.82. The van der Waals surface area contributed by atoms with Gasteiger partial charge in [0.15, 0.2) is 0 Å². The van der Waals surface area contributed by atoms with Crippen LogP contribution in [0, 0.1) is 5.82 Å². The molecule has 1 unspecified atom stereocenters. The van der Waals surface area contributed by atoms with E-state index < -0.39 is 15.8 Å². The zero-order valence-corrected chi connectivity index (χ0v) is 14.6. The lowest BCUT2D eigenvalue weighted by atomic mass is 9.97. The summed E-state index contributed by atoms with van der Waals surface area (Å²) in [6.45, 7) is 0.292. The fraction of sp³-hybridized carbons (Fsp3) is 0.278. The third-order valence-corrected chi connectivity index (χ3v) is 5.43. The monoisotopic (exact) mass is 362 g/mol. The van der Waals surface area contributed by atoms with Crippen molar-refractivity contribution in [1.82, 2.24) is 5.32 Å². The summed E-state index contributed by atoms with van der Waals surface area (Å²) in [4.78, 5) is 12.3. The minimum Gasteiger partial charge on any atom is -0.349 e. The van der Waals surface area contributed by atoms with Gasteiger partial charge in [0.05, 0.1) is 24.4 Å². The molecule has 0 saturated heterocycles.